The molecule has 0 bridgehead atoms. The van der Waals surface area contributed by atoms with E-state index in [2.05, 4.69) is 0 Å². The maximum atomic E-state index is 11.5. The third-order valence-corrected chi connectivity index (χ3v) is 3.30. The number of rotatable bonds is 2. The molecule has 0 heterocycles. The zero-order valence-corrected chi connectivity index (χ0v) is 9.97. The molecule has 1 aromatic carbocycles. The van der Waals surface area contributed by atoms with Gasteiger partial charge in [0.05, 0.1) is 26.2 Å². The molecular formula is C13H16O4. The third kappa shape index (κ3) is 2.00. The molecule has 0 saturated heterocycles. The Bertz CT molecular complexity index is 427. The lowest BCUT2D eigenvalue weighted by molar-refractivity contribution is -0.150. The molecule has 92 valence electrons. The first-order valence-electron chi connectivity index (χ1n) is 5.60. The fourth-order valence-electron chi connectivity index (χ4n) is 2.39. The second-order valence-corrected chi connectivity index (χ2v) is 4.14. The van der Waals surface area contributed by atoms with Crippen LogP contribution in [-0.4, -0.2) is 25.3 Å². The van der Waals surface area contributed by atoms with Crippen LogP contribution in [0.4, 0.5) is 0 Å². The molecule has 1 aliphatic carbocycles. The fraction of sp³-hybridized carbons (Fsp3) is 0.462. The van der Waals surface area contributed by atoms with E-state index in [1.54, 1.807) is 7.11 Å². The van der Waals surface area contributed by atoms with E-state index in [0.717, 1.165) is 23.3 Å². The van der Waals surface area contributed by atoms with Crippen molar-refractivity contribution in [2.45, 2.75) is 18.9 Å². The lowest BCUT2D eigenvalue weighted by Gasteiger charge is -2.29. The SMILES string of the molecule is COC(=O)C1CCc2c(OC)cccc2C1O. The summed E-state index contributed by atoms with van der Waals surface area (Å²) in [6.45, 7) is 0. The van der Waals surface area contributed by atoms with Crippen molar-refractivity contribution >= 4 is 5.97 Å². The molecule has 1 aromatic rings. The Morgan fingerprint density at radius 2 is 2.18 bits per heavy atom. The van der Waals surface area contributed by atoms with Crippen molar-refractivity contribution in [3.8, 4) is 5.75 Å². The van der Waals surface area contributed by atoms with E-state index >= 15 is 0 Å². The van der Waals surface area contributed by atoms with Crippen LogP contribution in [-0.2, 0) is 16.0 Å². The number of methoxy groups -OCH3 is 2. The van der Waals surface area contributed by atoms with Gasteiger partial charge < -0.3 is 14.6 Å². The van der Waals surface area contributed by atoms with Gasteiger partial charge in [0.1, 0.15) is 5.75 Å². The van der Waals surface area contributed by atoms with Gasteiger partial charge in [-0.25, -0.2) is 0 Å². The van der Waals surface area contributed by atoms with Gasteiger partial charge in [-0.3, -0.25) is 4.79 Å². The van der Waals surface area contributed by atoms with E-state index < -0.39 is 12.0 Å². The van der Waals surface area contributed by atoms with Gasteiger partial charge in [-0.2, -0.15) is 0 Å². The number of benzene rings is 1. The van der Waals surface area contributed by atoms with E-state index in [9.17, 15) is 9.90 Å². The van der Waals surface area contributed by atoms with Crippen LogP contribution in [0.1, 0.15) is 23.7 Å². The molecule has 2 unspecified atom stereocenters. The van der Waals surface area contributed by atoms with Gasteiger partial charge in [-0.15, -0.1) is 0 Å². The van der Waals surface area contributed by atoms with Crippen LogP contribution in [0.2, 0.25) is 0 Å². The first-order chi connectivity index (χ1) is 8.19. The Morgan fingerprint density at radius 1 is 1.41 bits per heavy atom. The van der Waals surface area contributed by atoms with Crippen molar-refractivity contribution in [1.82, 2.24) is 0 Å². The Hall–Kier alpha value is -1.55. The first-order valence-corrected chi connectivity index (χ1v) is 5.60. The molecule has 0 aliphatic heterocycles. The largest absolute Gasteiger partial charge is 0.496 e. The molecule has 0 amide bonds. The Kier molecular flexibility index (Phi) is 3.33. The second kappa shape index (κ2) is 4.75. The van der Waals surface area contributed by atoms with Crippen LogP contribution in [0.3, 0.4) is 0 Å². The van der Waals surface area contributed by atoms with Crippen molar-refractivity contribution < 1.29 is 19.4 Å². The number of hydrogen-bond donors (Lipinski definition) is 1. The minimum atomic E-state index is -0.804. The van der Waals surface area contributed by atoms with Gasteiger partial charge in [0.25, 0.3) is 0 Å². The van der Waals surface area contributed by atoms with E-state index in [-0.39, 0.29) is 5.97 Å². The summed E-state index contributed by atoms with van der Waals surface area (Å²) in [5.74, 6) is -0.0598. The van der Waals surface area contributed by atoms with Gasteiger partial charge >= 0.3 is 5.97 Å². The van der Waals surface area contributed by atoms with Crippen LogP contribution >= 0.6 is 0 Å². The molecule has 4 heteroatoms. The third-order valence-electron chi connectivity index (χ3n) is 3.30. The van der Waals surface area contributed by atoms with Crippen LogP contribution in [0, 0.1) is 5.92 Å². The quantitative estimate of drug-likeness (QED) is 0.790. The highest BCUT2D eigenvalue weighted by Crippen LogP contribution is 2.38. The molecule has 2 rings (SSSR count). The lowest BCUT2D eigenvalue weighted by Crippen LogP contribution is -2.28. The Balaban J connectivity index is 2.36. The molecule has 4 nitrogen and oxygen atoms in total. The van der Waals surface area contributed by atoms with Crippen LogP contribution in [0.25, 0.3) is 0 Å². The highest BCUT2D eigenvalue weighted by molar-refractivity contribution is 5.74. The average Bonchev–Trinajstić information content (AvgIpc) is 2.38. The predicted molar refractivity (Wildman–Crippen MR) is 61.8 cm³/mol. The molecule has 0 fully saturated rings. The number of fused-ring (bicyclic) bond motifs is 1. The van der Waals surface area contributed by atoms with Gasteiger partial charge in [0.2, 0.25) is 0 Å². The Labute approximate surface area is 100 Å². The summed E-state index contributed by atoms with van der Waals surface area (Å²) in [4.78, 5) is 11.5. The summed E-state index contributed by atoms with van der Waals surface area (Å²) in [6, 6.07) is 5.52. The van der Waals surface area contributed by atoms with Gasteiger partial charge in [0.15, 0.2) is 0 Å². The summed E-state index contributed by atoms with van der Waals surface area (Å²) in [7, 11) is 2.95. The second-order valence-electron chi connectivity index (χ2n) is 4.14. The Morgan fingerprint density at radius 3 is 2.82 bits per heavy atom. The molecule has 1 N–H and O–H groups in total. The molecule has 1 aliphatic rings. The van der Waals surface area contributed by atoms with Crippen molar-refractivity contribution in [3.05, 3.63) is 29.3 Å². The fourth-order valence-corrected chi connectivity index (χ4v) is 2.39. The lowest BCUT2D eigenvalue weighted by atomic mass is 9.81. The van der Waals surface area contributed by atoms with Crippen molar-refractivity contribution in [3.63, 3.8) is 0 Å². The van der Waals surface area contributed by atoms with Crippen molar-refractivity contribution in [2.24, 2.45) is 5.92 Å². The number of ether oxygens (including phenoxy) is 2. The highest BCUT2D eigenvalue weighted by atomic mass is 16.5. The summed E-state index contributed by atoms with van der Waals surface area (Å²) in [6.07, 6.45) is 0.499. The minimum Gasteiger partial charge on any atom is -0.496 e. The standard InChI is InChI=1S/C13H16O4/c1-16-11-5-3-4-9-8(11)6-7-10(12(9)14)13(15)17-2/h3-5,10,12,14H,6-7H2,1-2H3. The van der Waals surface area contributed by atoms with Gasteiger partial charge in [-0.05, 0) is 30.0 Å². The number of carbonyl (C=O) groups excluding carboxylic acids is 1. The van der Waals surface area contributed by atoms with Crippen LogP contribution in [0.5, 0.6) is 5.75 Å². The van der Waals surface area contributed by atoms with Crippen LogP contribution in [0.15, 0.2) is 18.2 Å². The summed E-state index contributed by atoms with van der Waals surface area (Å²) >= 11 is 0. The summed E-state index contributed by atoms with van der Waals surface area (Å²) < 4.78 is 9.96. The van der Waals surface area contributed by atoms with E-state index in [1.807, 2.05) is 18.2 Å². The monoisotopic (exact) mass is 236 g/mol. The van der Waals surface area contributed by atoms with Gasteiger partial charge in [-0.1, -0.05) is 12.1 Å². The molecule has 0 spiro atoms. The van der Waals surface area contributed by atoms with Crippen molar-refractivity contribution in [2.75, 3.05) is 14.2 Å². The molecule has 0 radical (unpaired) electrons. The number of aliphatic hydroxyl groups is 1. The molecular weight excluding hydrogens is 220 g/mol. The zero-order chi connectivity index (χ0) is 12.4. The normalized spacial score (nSPS) is 22.8. The molecule has 17 heavy (non-hydrogen) atoms. The predicted octanol–water partition coefficient (Wildman–Crippen LogP) is 1.46. The first kappa shape index (κ1) is 11.9. The van der Waals surface area contributed by atoms with E-state index in [4.69, 9.17) is 9.47 Å². The number of carbonyl (C=O) groups is 1. The number of esters is 1. The number of aliphatic hydroxyl groups excluding tert-OH is 1. The molecule has 0 aromatic heterocycles. The highest BCUT2D eigenvalue weighted by Gasteiger charge is 2.34. The van der Waals surface area contributed by atoms with E-state index in [0.29, 0.717) is 6.42 Å². The smallest absolute Gasteiger partial charge is 0.311 e. The molecule has 0 saturated carbocycles. The average molecular weight is 236 g/mol. The van der Waals surface area contributed by atoms with Gasteiger partial charge in [0, 0.05) is 0 Å². The molecule has 2 atom stereocenters. The minimum absolute atomic E-state index is 0.356. The zero-order valence-electron chi connectivity index (χ0n) is 9.97. The summed E-state index contributed by atoms with van der Waals surface area (Å²) in [5, 5.41) is 10.2. The topological polar surface area (TPSA) is 55.8 Å². The van der Waals surface area contributed by atoms with Crippen LogP contribution < -0.4 is 4.74 Å². The number of hydrogen-bond acceptors (Lipinski definition) is 4. The maximum absolute atomic E-state index is 11.5. The summed E-state index contributed by atoms with van der Waals surface area (Å²) in [5.41, 5.74) is 1.76. The maximum Gasteiger partial charge on any atom is 0.311 e. The van der Waals surface area contributed by atoms with Crippen molar-refractivity contribution in [1.29, 1.82) is 0 Å². The van der Waals surface area contributed by atoms with E-state index in [1.165, 1.54) is 7.11 Å².